The van der Waals surface area contributed by atoms with Gasteiger partial charge < -0.3 is 10.6 Å². The maximum atomic E-state index is 12.0. The van der Waals surface area contributed by atoms with E-state index in [1.54, 1.807) is 0 Å². The summed E-state index contributed by atoms with van der Waals surface area (Å²) >= 11 is 0. The van der Waals surface area contributed by atoms with Crippen LogP contribution in [0.3, 0.4) is 0 Å². The Morgan fingerprint density at radius 1 is 1.08 bits per heavy atom. The van der Waals surface area contributed by atoms with Gasteiger partial charge in [0.25, 0.3) is 0 Å². The summed E-state index contributed by atoms with van der Waals surface area (Å²) in [6.45, 7) is 14.5. The fraction of sp³-hybridized carbons (Fsp3) is 0.650. The highest BCUT2D eigenvalue weighted by molar-refractivity contribution is 5.74. The third-order valence-corrected chi connectivity index (χ3v) is 4.30. The standard InChI is InChI=1S/C20H35N3O/c1-6-23(7-2)15-19-10-8-9-18(13-19)14-21-20(24)22-17(5)12-11-16(3)4/h8-10,13,16-17H,6-7,11-12,14-15H2,1-5H3,(H2,21,22,24). The summed E-state index contributed by atoms with van der Waals surface area (Å²) in [5.41, 5.74) is 2.44. The Morgan fingerprint density at radius 3 is 2.38 bits per heavy atom. The van der Waals surface area contributed by atoms with Crippen molar-refractivity contribution in [3.05, 3.63) is 35.4 Å². The highest BCUT2D eigenvalue weighted by Crippen LogP contribution is 2.09. The minimum Gasteiger partial charge on any atom is -0.336 e. The van der Waals surface area contributed by atoms with Crippen molar-refractivity contribution in [3.63, 3.8) is 0 Å². The van der Waals surface area contributed by atoms with Gasteiger partial charge in [-0.3, -0.25) is 4.90 Å². The molecule has 0 bridgehead atoms. The van der Waals surface area contributed by atoms with Crippen molar-refractivity contribution in [1.29, 1.82) is 0 Å². The Labute approximate surface area is 148 Å². The van der Waals surface area contributed by atoms with Crippen LogP contribution in [0.1, 0.15) is 58.6 Å². The lowest BCUT2D eigenvalue weighted by Crippen LogP contribution is -2.40. The molecule has 0 saturated carbocycles. The third kappa shape index (κ3) is 8.34. The first-order valence-electron chi connectivity index (χ1n) is 9.29. The molecule has 4 heteroatoms. The summed E-state index contributed by atoms with van der Waals surface area (Å²) in [4.78, 5) is 14.4. The second-order valence-corrected chi connectivity index (χ2v) is 6.98. The molecule has 1 aromatic rings. The number of hydrogen-bond donors (Lipinski definition) is 2. The number of benzene rings is 1. The topological polar surface area (TPSA) is 44.4 Å². The van der Waals surface area contributed by atoms with Gasteiger partial charge in [-0.2, -0.15) is 0 Å². The highest BCUT2D eigenvalue weighted by atomic mass is 16.2. The second kappa shape index (κ2) is 11.1. The van der Waals surface area contributed by atoms with Gasteiger partial charge in [0.2, 0.25) is 0 Å². The predicted molar refractivity (Wildman–Crippen MR) is 102 cm³/mol. The molecule has 136 valence electrons. The molecular formula is C20H35N3O. The Hall–Kier alpha value is -1.55. The van der Waals surface area contributed by atoms with Gasteiger partial charge in [0.15, 0.2) is 0 Å². The molecule has 0 aliphatic heterocycles. The fourth-order valence-corrected chi connectivity index (χ4v) is 2.66. The molecule has 0 fully saturated rings. The van der Waals surface area contributed by atoms with E-state index in [0.29, 0.717) is 12.5 Å². The molecule has 2 amide bonds. The molecule has 2 N–H and O–H groups in total. The zero-order valence-corrected chi connectivity index (χ0v) is 16.1. The zero-order chi connectivity index (χ0) is 17.9. The van der Waals surface area contributed by atoms with Crippen LogP contribution in [0.25, 0.3) is 0 Å². The average Bonchev–Trinajstić information content (AvgIpc) is 2.56. The lowest BCUT2D eigenvalue weighted by Gasteiger charge is -2.18. The third-order valence-electron chi connectivity index (χ3n) is 4.30. The van der Waals surface area contributed by atoms with Crippen LogP contribution < -0.4 is 10.6 Å². The monoisotopic (exact) mass is 333 g/mol. The highest BCUT2D eigenvalue weighted by Gasteiger charge is 2.08. The molecule has 0 spiro atoms. The number of hydrogen-bond acceptors (Lipinski definition) is 2. The van der Waals surface area contributed by atoms with Gasteiger partial charge in [0.1, 0.15) is 0 Å². The molecule has 0 aliphatic carbocycles. The lowest BCUT2D eigenvalue weighted by molar-refractivity contribution is 0.236. The van der Waals surface area contributed by atoms with E-state index in [1.807, 2.05) is 0 Å². The fourth-order valence-electron chi connectivity index (χ4n) is 2.66. The minimum atomic E-state index is -0.0830. The van der Waals surface area contributed by atoms with Crippen LogP contribution in [-0.4, -0.2) is 30.1 Å². The van der Waals surface area contributed by atoms with E-state index in [9.17, 15) is 4.79 Å². The summed E-state index contributed by atoms with van der Waals surface area (Å²) < 4.78 is 0. The number of carbonyl (C=O) groups is 1. The molecule has 4 nitrogen and oxygen atoms in total. The molecular weight excluding hydrogens is 298 g/mol. The molecule has 1 rings (SSSR count). The molecule has 0 heterocycles. The van der Waals surface area contributed by atoms with Crippen molar-refractivity contribution in [2.45, 2.75) is 66.6 Å². The molecule has 0 saturated heterocycles. The van der Waals surface area contributed by atoms with Crippen molar-refractivity contribution in [3.8, 4) is 0 Å². The van der Waals surface area contributed by atoms with Gasteiger partial charge in [-0.15, -0.1) is 0 Å². The van der Waals surface area contributed by atoms with Crippen LogP contribution in [0.15, 0.2) is 24.3 Å². The van der Waals surface area contributed by atoms with E-state index in [0.717, 1.165) is 38.0 Å². The molecule has 0 aliphatic rings. The average molecular weight is 334 g/mol. The van der Waals surface area contributed by atoms with Gasteiger partial charge in [0.05, 0.1) is 0 Å². The number of nitrogens with zero attached hydrogens (tertiary/aromatic N) is 1. The van der Waals surface area contributed by atoms with E-state index >= 15 is 0 Å². The minimum absolute atomic E-state index is 0.0830. The Bertz CT molecular complexity index is 484. The maximum absolute atomic E-state index is 12.0. The van der Waals surface area contributed by atoms with E-state index in [2.05, 4.69) is 74.4 Å². The van der Waals surface area contributed by atoms with Crippen molar-refractivity contribution >= 4 is 6.03 Å². The summed E-state index contributed by atoms with van der Waals surface area (Å²) in [7, 11) is 0. The number of amides is 2. The number of rotatable bonds is 10. The molecule has 0 radical (unpaired) electrons. The molecule has 1 unspecified atom stereocenters. The van der Waals surface area contributed by atoms with E-state index in [-0.39, 0.29) is 12.1 Å². The summed E-state index contributed by atoms with van der Waals surface area (Å²) in [5, 5.41) is 5.97. The molecule has 1 atom stereocenters. The Balaban J connectivity index is 2.42. The van der Waals surface area contributed by atoms with Crippen LogP contribution >= 0.6 is 0 Å². The van der Waals surface area contributed by atoms with Crippen LogP contribution in [0, 0.1) is 5.92 Å². The van der Waals surface area contributed by atoms with Crippen molar-refractivity contribution in [2.75, 3.05) is 13.1 Å². The smallest absolute Gasteiger partial charge is 0.315 e. The van der Waals surface area contributed by atoms with E-state index < -0.39 is 0 Å². The summed E-state index contributed by atoms with van der Waals surface area (Å²) in [6.07, 6.45) is 2.15. The van der Waals surface area contributed by atoms with Gasteiger partial charge in [-0.05, 0) is 49.9 Å². The summed E-state index contributed by atoms with van der Waals surface area (Å²) in [5.74, 6) is 0.672. The van der Waals surface area contributed by atoms with Crippen LogP contribution in [-0.2, 0) is 13.1 Å². The van der Waals surface area contributed by atoms with Crippen molar-refractivity contribution < 1.29 is 4.79 Å². The van der Waals surface area contributed by atoms with Crippen LogP contribution in [0.4, 0.5) is 4.79 Å². The van der Waals surface area contributed by atoms with E-state index in [4.69, 9.17) is 0 Å². The number of urea groups is 1. The molecule has 24 heavy (non-hydrogen) atoms. The first-order valence-corrected chi connectivity index (χ1v) is 9.29. The van der Waals surface area contributed by atoms with Gasteiger partial charge in [-0.1, -0.05) is 52.0 Å². The van der Waals surface area contributed by atoms with Gasteiger partial charge >= 0.3 is 6.03 Å². The quantitative estimate of drug-likeness (QED) is 0.675. The number of nitrogens with one attached hydrogen (secondary N) is 2. The second-order valence-electron chi connectivity index (χ2n) is 6.98. The Kier molecular flexibility index (Phi) is 9.46. The first kappa shape index (κ1) is 20.5. The number of carbonyl (C=O) groups excluding carboxylic acids is 1. The first-order chi connectivity index (χ1) is 11.4. The van der Waals surface area contributed by atoms with Crippen molar-refractivity contribution in [1.82, 2.24) is 15.5 Å². The van der Waals surface area contributed by atoms with Gasteiger partial charge in [-0.25, -0.2) is 4.79 Å². The van der Waals surface area contributed by atoms with Crippen LogP contribution in [0.2, 0.25) is 0 Å². The normalized spacial score (nSPS) is 12.5. The summed E-state index contributed by atoms with van der Waals surface area (Å²) in [6, 6.07) is 8.59. The predicted octanol–water partition coefficient (Wildman–Crippen LogP) is 4.15. The lowest BCUT2D eigenvalue weighted by atomic mass is 10.0. The Morgan fingerprint density at radius 2 is 1.75 bits per heavy atom. The van der Waals surface area contributed by atoms with Gasteiger partial charge in [0, 0.05) is 19.1 Å². The molecule has 1 aromatic carbocycles. The zero-order valence-electron chi connectivity index (χ0n) is 16.1. The molecule has 0 aromatic heterocycles. The maximum Gasteiger partial charge on any atom is 0.315 e. The largest absolute Gasteiger partial charge is 0.336 e. The van der Waals surface area contributed by atoms with Crippen LogP contribution in [0.5, 0.6) is 0 Å². The SMILES string of the molecule is CCN(CC)Cc1cccc(CNC(=O)NC(C)CCC(C)C)c1. The van der Waals surface area contributed by atoms with E-state index in [1.165, 1.54) is 5.56 Å². The van der Waals surface area contributed by atoms with Crippen molar-refractivity contribution in [2.24, 2.45) is 5.92 Å².